The topological polar surface area (TPSA) is 97.6 Å². The molecule has 0 radical (unpaired) electrons. The van der Waals surface area contributed by atoms with Crippen LogP contribution >= 0.6 is 0 Å². The van der Waals surface area contributed by atoms with Crippen molar-refractivity contribution in [3.05, 3.63) is 40.2 Å². The van der Waals surface area contributed by atoms with Crippen molar-refractivity contribution in [3.63, 3.8) is 0 Å². The van der Waals surface area contributed by atoms with E-state index >= 15 is 0 Å². The highest BCUT2D eigenvalue weighted by Crippen LogP contribution is 2.22. The van der Waals surface area contributed by atoms with Crippen LogP contribution in [0, 0.1) is 6.92 Å². The molecule has 7 heteroatoms. The highest BCUT2D eigenvalue weighted by atomic mass is 16.5. The second kappa shape index (κ2) is 6.95. The molecule has 1 aromatic heterocycles. The SMILES string of the molecule is Cc1cc(=O)oc2cc(OCC(=O)NC(=O)NC(C)C)ccc12. The van der Waals surface area contributed by atoms with Gasteiger partial charge in [0.1, 0.15) is 11.3 Å². The molecule has 7 nitrogen and oxygen atoms in total. The number of fused-ring (bicyclic) bond motifs is 1. The van der Waals surface area contributed by atoms with Crippen LogP contribution in [0.3, 0.4) is 0 Å². The van der Waals surface area contributed by atoms with Gasteiger partial charge in [0.25, 0.3) is 5.91 Å². The number of rotatable bonds is 4. The lowest BCUT2D eigenvalue weighted by Crippen LogP contribution is -2.44. The van der Waals surface area contributed by atoms with Gasteiger partial charge < -0.3 is 14.5 Å². The third-order valence-corrected chi connectivity index (χ3v) is 2.97. The fourth-order valence-corrected chi connectivity index (χ4v) is 2.00. The predicted octanol–water partition coefficient (Wildman–Crippen LogP) is 1.71. The molecule has 2 aromatic rings. The molecule has 23 heavy (non-hydrogen) atoms. The smallest absolute Gasteiger partial charge is 0.336 e. The average Bonchev–Trinajstić information content (AvgIpc) is 2.43. The Kier molecular flexibility index (Phi) is 5.00. The summed E-state index contributed by atoms with van der Waals surface area (Å²) < 4.78 is 10.4. The molecule has 2 rings (SSSR count). The first-order chi connectivity index (χ1) is 10.8. The monoisotopic (exact) mass is 318 g/mol. The molecule has 0 aliphatic carbocycles. The second-order valence-electron chi connectivity index (χ2n) is 5.37. The first kappa shape index (κ1) is 16.5. The van der Waals surface area contributed by atoms with Crippen LogP contribution in [0.4, 0.5) is 4.79 Å². The van der Waals surface area contributed by atoms with Crippen molar-refractivity contribution in [1.82, 2.24) is 10.6 Å². The van der Waals surface area contributed by atoms with Crippen molar-refractivity contribution in [1.29, 1.82) is 0 Å². The maximum absolute atomic E-state index is 11.6. The molecular weight excluding hydrogens is 300 g/mol. The molecule has 0 fully saturated rings. The number of imide groups is 1. The van der Waals surface area contributed by atoms with Gasteiger partial charge in [-0.1, -0.05) is 0 Å². The third-order valence-electron chi connectivity index (χ3n) is 2.97. The lowest BCUT2D eigenvalue weighted by molar-refractivity contribution is -0.122. The zero-order chi connectivity index (χ0) is 17.0. The van der Waals surface area contributed by atoms with Gasteiger partial charge in [-0.15, -0.1) is 0 Å². The largest absolute Gasteiger partial charge is 0.484 e. The molecule has 0 unspecified atom stereocenters. The van der Waals surface area contributed by atoms with Crippen molar-refractivity contribution < 1.29 is 18.7 Å². The molecule has 0 spiro atoms. The molecular formula is C16H18N2O5. The number of hydrogen-bond donors (Lipinski definition) is 2. The quantitative estimate of drug-likeness (QED) is 0.836. The number of amides is 3. The highest BCUT2D eigenvalue weighted by Gasteiger charge is 2.10. The van der Waals surface area contributed by atoms with Gasteiger partial charge in [0.2, 0.25) is 0 Å². The molecule has 0 aliphatic heterocycles. The zero-order valence-electron chi connectivity index (χ0n) is 13.1. The summed E-state index contributed by atoms with van der Waals surface area (Å²) in [6, 6.07) is 5.70. The fourth-order valence-electron chi connectivity index (χ4n) is 2.00. The molecule has 2 N–H and O–H groups in total. The summed E-state index contributed by atoms with van der Waals surface area (Å²) in [6.07, 6.45) is 0. The summed E-state index contributed by atoms with van der Waals surface area (Å²) in [5.41, 5.74) is 0.728. The van der Waals surface area contributed by atoms with Crippen molar-refractivity contribution in [2.24, 2.45) is 0 Å². The van der Waals surface area contributed by atoms with Crippen molar-refractivity contribution in [2.75, 3.05) is 6.61 Å². The van der Waals surface area contributed by atoms with Crippen LogP contribution in [0.15, 0.2) is 33.5 Å². The molecule has 1 heterocycles. The summed E-state index contributed by atoms with van der Waals surface area (Å²) >= 11 is 0. The summed E-state index contributed by atoms with van der Waals surface area (Å²) in [5, 5.41) is 5.47. The molecule has 0 bridgehead atoms. The van der Waals surface area contributed by atoms with E-state index in [0.29, 0.717) is 11.3 Å². The number of nitrogens with one attached hydrogen (secondary N) is 2. The predicted molar refractivity (Wildman–Crippen MR) is 84.5 cm³/mol. The van der Waals surface area contributed by atoms with E-state index < -0.39 is 17.6 Å². The molecule has 0 saturated carbocycles. The van der Waals surface area contributed by atoms with Crippen LogP contribution in [0.25, 0.3) is 11.0 Å². The fraction of sp³-hybridized carbons (Fsp3) is 0.312. The van der Waals surface area contributed by atoms with Crippen molar-refractivity contribution in [2.45, 2.75) is 26.8 Å². The van der Waals surface area contributed by atoms with E-state index in [-0.39, 0.29) is 12.6 Å². The van der Waals surface area contributed by atoms with Crippen LogP contribution in [0.1, 0.15) is 19.4 Å². The van der Waals surface area contributed by atoms with Gasteiger partial charge in [-0.2, -0.15) is 0 Å². The Morgan fingerprint density at radius 1 is 1.26 bits per heavy atom. The first-order valence-corrected chi connectivity index (χ1v) is 7.13. The number of hydrogen-bond acceptors (Lipinski definition) is 5. The van der Waals surface area contributed by atoms with E-state index in [0.717, 1.165) is 10.9 Å². The van der Waals surface area contributed by atoms with E-state index in [2.05, 4.69) is 10.6 Å². The van der Waals surface area contributed by atoms with E-state index in [1.54, 1.807) is 32.9 Å². The Bertz CT molecular complexity index is 795. The molecule has 0 saturated heterocycles. The lowest BCUT2D eigenvalue weighted by Gasteiger charge is -2.10. The summed E-state index contributed by atoms with van der Waals surface area (Å²) in [5.74, 6) is -0.209. The summed E-state index contributed by atoms with van der Waals surface area (Å²) in [7, 11) is 0. The number of urea groups is 1. The van der Waals surface area contributed by atoms with Crippen LogP contribution in [0.2, 0.25) is 0 Å². The van der Waals surface area contributed by atoms with Crippen LogP contribution in [-0.2, 0) is 4.79 Å². The second-order valence-corrected chi connectivity index (χ2v) is 5.37. The lowest BCUT2D eigenvalue weighted by atomic mass is 10.1. The molecule has 0 atom stereocenters. The molecule has 0 aliphatic rings. The van der Waals surface area contributed by atoms with Crippen LogP contribution in [-0.4, -0.2) is 24.6 Å². The van der Waals surface area contributed by atoms with Gasteiger partial charge in [-0.25, -0.2) is 9.59 Å². The van der Waals surface area contributed by atoms with E-state index in [4.69, 9.17) is 9.15 Å². The van der Waals surface area contributed by atoms with Crippen molar-refractivity contribution >= 4 is 22.9 Å². The number of aryl methyl sites for hydroxylation is 1. The number of ether oxygens (including phenoxy) is 1. The Morgan fingerprint density at radius 3 is 2.70 bits per heavy atom. The van der Waals surface area contributed by atoms with Gasteiger partial charge in [-0.05, 0) is 38.5 Å². The summed E-state index contributed by atoms with van der Waals surface area (Å²) in [6.45, 7) is 5.05. The van der Waals surface area contributed by atoms with Gasteiger partial charge >= 0.3 is 11.7 Å². The van der Waals surface area contributed by atoms with E-state index in [9.17, 15) is 14.4 Å². The highest BCUT2D eigenvalue weighted by molar-refractivity contribution is 5.95. The Balaban J connectivity index is 2.01. The Hall–Kier alpha value is -2.83. The zero-order valence-corrected chi connectivity index (χ0v) is 13.1. The maximum atomic E-state index is 11.6. The van der Waals surface area contributed by atoms with Gasteiger partial charge in [0.15, 0.2) is 6.61 Å². The van der Waals surface area contributed by atoms with E-state index in [1.807, 2.05) is 0 Å². The number of carbonyl (C=O) groups excluding carboxylic acids is 2. The Morgan fingerprint density at radius 2 is 2.00 bits per heavy atom. The van der Waals surface area contributed by atoms with Gasteiger partial charge in [0, 0.05) is 23.6 Å². The van der Waals surface area contributed by atoms with Gasteiger partial charge in [-0.3, -0.25) is 10.1 Å². The van der Waals surface area contributed by atoms with Crippen LogP contribution < -0.4 is 21.0 Å². The van der Waals surface area contributed by atoms with Crippen LogP contribution in [0.5, 0.6) is 5.75 Å². The Labute approximate surface area is 132 Å². The minimum atomic E-state index is -0.575. The van der Waals surface area contributed by atoms with Gasteiger partial charge in [0.05, 0.1) is 0 Å². The number of carbonyl (C=O) groups is 2. The number of benzene rings is 1. The minimum absolute atomic E-state index is 0.0738. The normalized spacial score (nSPS) is 10.6. The summed E-state index contributed by atoms with van der Waals surface area (Å²) in [4.78, 5) is 34.4. The van der Waals surface area contributed by atoms with Crippen molar-refractivity contribution in [3.8, 4) is 5.75 Å². The molecule has 1 aromatic carbocycles. The standard InChI is InChI=1S/C16H18N2O5/c1-9(2)17-16(21)18-14(19)8-22-11-4-5-12-10(3)6-15(20)23-13(12)7-11/h4-7,9H,8H2,1-3H3,(H2,17,18,19,21). The molecule has 3 amide bonds. The third kappa shape index (κ3) is 4.57. The van der Waals surface area contributed by atoms with E-state index in [1.165, 1.54) is 12.1 Å². The molecule has 122 valence electrons. The first-order valence-electron chi connectivity index (χ1n) is 7.13. The minimum Gasteiger partial charge on any atom is -0.484 e. The average molecular weight is 318 g/mol. The maximum Gasteiger partial charge on any atom is 0.336 e.